The highest BCUT2D eigenvalue weighted by molar-refractivity contribution is 5.76. The monoisotopic (exact) mass is 177 g/mol. The first kappa shape index (κ1) is 8.62. The largest absolute Gasteiger partial charge is 0.353 e. The lowest BCUT2D eigenvalue weighted by atomic mass is 10.1. The highest BCUT2D eigenvalue weighted by atomic mass is 16.1. The lowest BCUT2D eigenvalue weighted by Crippen LogP contribution is -2.34. The molecular weight excluding hydrogens is 162 g/mol. The molecule has 2 nitrogen and oxygen atoms in total. The lowest BCUT2D eigenvalue weighted by Gasteiger charge is -2.13. The van der Waals surface area contributed by atoms with Gasteiger partial charge in [0.05, 0.1) is 0 Å². The minimum Gasteiger partial charge on any atom is -0.353 e. The first-order chi connectivity index (χ1) is 6.31. The van der Waals surface area contributed by atoms with E-state index in [2.05, 4.69) is 11.2 Å². The zero-order valence-corrected chi connectivity index (χ0v) is 7.75. The van der Waals surface area contributed by atoms with Crippen LogP contribution in [0.15, 0.2) is 0 Å². The van der Waals surface area contributed by atoms with E-state index in [0.717, 1.165) is 11.8 Å². The molecule has 3 unspecified atom stereocenters. The average Bonchev–Trinajstić information content (AvgIpc) is 2.81. The van der Waals surface area contributed by atoms with Crippen molar-refractivity contribution in [2.75, 3.05) is 0 Å². The van der Waals surface area contributed by atoms with Crippen LogP contribution in [-0.4, -0.2) is 11.9 Å². The van der Waals surface area contributed by atoms with Gasteiger partial charge in [0, 0.05) is 18.9 Å². The van der Waals surface area contributed by atoms with Crippen LogP contribution in [-0.2, 0) is 4.79 Å². The van der Waals surface area contributed by atoms with E-state index >= 15 is 0 Å². The van der Waals surface area contributed by atoms with E-state index in [0.29, 0.717) is 18.9 Å². The van der Waals surface area contributed by atoms with Gasteiger partial charge in [0.2, 0.25) is 5.91 Å². The molecular formula is C11H15NO. The summed E-state index contributed by atoms with van der Waals surface area (Å²) in [6.45, 7) is 0. The molecule has 0 heterocycles. The third-order valence-electron chi connectivity index (χ3n) is 3.19. The standard InChI is InChI=1S/C11H15NO/c1-2-3-4-11(13)12-10-6-5-8-7-9(8)10/h1,8-10H,3-7H2,(H,12,13). The topological polar surface area (TPSA) is 29.1 Å². The summed E-state index contributed by atoms with van der Waals surface area (Å²) < 4.78 is 0. The van der Waals surface area contributed by atoms with Crippen molar-refractivity contribution in [3.8, 4) is 12.3 Å². The number of hydrogen-bond acceptors (Lipinski definition) is 1. The number of rotatable bonds is 3. The van der Waals surface area contributed by atoms with E-state index in [4.69, 9.17) is 6.42 Å². The Balaban J connectivity index is 1.72. The summed E-state index contributed by atoms with van der Waals surface area (Å²) in [5.41, 5.74) is 0. The van der Waals surface area contributed by atoms with Crippen LogP contribution < -0.4 is 5.32 Å². The number of amides is 1. The van der Waals surface area contributed by atoms with Gasteiger partial charge in [0.15, 0.2) is 0 Å². The first-order valence-corrected chi connectivity index (χ1v) is 5.04. The predicted octanol–water partition coefficient (Wildman–Crippen LogP) is 1.31. The second-order valence-electron chi connectivity index (χ2n) is 4.12. The van der Waals surface area contributed by atoms with Crippen molar-refractivity contribution >= 4 is 5.91 Å². The molecule has 2 saturated carbocycles. The molecule has 2 aliphatic rings. The third kappa shape index (κ3) is 1.85. The van der Waals surface area contributed by atoms with Crippen LogP contribution in [0.4, 0.5) is 0 Å². The molecule has 0 radical (unpaired) electrons. The minimum absolute atomic E-state index is 0.135. The molecule has 0 spiro atoms. The molecule has 1 amide bonds. The van der Waals surface area contributed by atoms with Crippen LogP contribution in [0.25, 0.3) is 0 Å². The summed E-state index contributed by atoms with van der Waals surface area (Å²) in [7, 11) is 0. The maximum Gasteiger partial charge on any atom is 0.221 e. The maximum atomic E-state index is 11.3. The smallest absolute Gasteiger partial charge is 0.221 e. The Morgan fingerprint density at radius 1 is 1.54 bits per heavy atom. The van der Waals surface area contributed by atoms with Crippen LogP contribution in [0.2, 0.25) is 0 Å². The van der Waals surface area contributed by atoms with Crippen molar-refractivity contribution in [1.29, 1.82) is 0 Å². The molecule has 1 N–H and O–H groups in total. The summed E-state index contributed by atoms with van der Waals surface area (Å²) in [6, 6.07) is 0.468. The maximum absolute atomic E-state index is 11.3. The first-order valence-electron chi connectivity index (χ1n) is 5.04. The molecule has 3 atom stereocenters. The van der Waals surface area contributed by atoms with E-state index in [1.54, 1.807) is 0 Å². The van der Waals surface area contributed by atoms with E-state index in [1.165, 1.54) is 19.3 Å². The highest BCUT2D eigenvalue weighted by Crippen LogP contribution is 2.51. The summed E-state index contributed by atoms with van der Waals surface area (Å²) in [5, 5.41) is 3.07. The molecule has 0 saturated heterocycles. The van der Waals surface area contributed by atoms with E-state index in [9.17, 15) is 4.79 Å². The Kier molecular flexibility index (Phi) is 2.26. The molecule has 0 aromatic carbocycles. The van der Waals surface area contributed by atoms with Gasteiger partial charge >= 0.3 is 0 Å². The van der Waals surface area contributed by atoms with Gasteiger partial charge in [-0.05, 0) is 31.1 Å². The van der Waals surface area contributed by atoms with Crippen LogP contribution in [0.3, 0.4) is 0 Å². The van der Waals surface area contributed by atoms with Gasteiger partial charge in [-0.3, -0.25) is 4.79 Å². The molecule has 13 heavy (non-hydrogen) atoms. The fourth-order valence-electron chi connectivity index (χ4n) is 2.35. The molecule has 0 aliphatic heterocycles. The minimum atomic E-state index is 0.135. The second kappa shape index (κ2) is 3.41. The van der Waals surface area contributed by atoms with Gasteiger partial charge in [0.25, 0.3) is 0 Å². The zero-order valence-electron chi connectivity index (χ0n) is 7.75. The summed E-state index contributed by atoms with van der Waals surface area (Å²) >= 11 is 0. The highest BCUT2D eigenvalue weighted by Gasteiger charge is 2.48. The van der Waals surface area contributed by atoms with Gasteiger partial charge < -0.3 is 5.32 Å². The number of carbonyl (C=O) groups excluding carboxylic acids is 1. The van der Waals surface area contributed by atoms with E-state index in [1.807, 2.05) is 0 Å². The van der Waals surface area contributed by atoms with Crippen molar-refractivity contribution < 1.29 is 4.79 Å². The second-order valence-corrected chi connectivity index (χ2v) is 4.12. The summed E-state index contributed by atoms with van der Waals surface area (Å²) in [6.07, 6.45) is 9.96. The van der Waals surface area contributed by atoms with Gasteiger partial charge in [-0.1, -0.05) is 0 Å². The van der Waals surface area contributed by atoms with Gasteiger partial charge in [-0.25, -0.2) is 0 Å². The van der Waals surface area contributed by atoms with Crippen molar-refractivity contribution in [2.24, 2.45) is 11.8 Å². The number of carbonyl (C=O) groups is 1. The normalized spacial score (nSPS) is 34.8. The fraction of sp³-hybridized carbons (Fsp3) is 0.727. The molecule has 0 aromatic rings. The Labute approximate surface area is 79.1 Å². The predicted molar refractivity (Wildman–Crippen MR) is 50.8 cm³/mol. The molecule has 70 valence electrons. The van der Waals surface area contributed by atoms with Crippen molar-refractivity contribution in [3.63, 3.8) is 0 Å². The molecule has 0 bridgehead atoms. The van der Waals surface area contributed by atoms with Gasteiger partial charge in [0.1, 0.15) is 0 Å². The Bertz CT molecular complexity index is 253. The Hall–Kier alpha value is -0.970. The van der Waals surface area contributed by atoms with Crippen LogP contribution in [0.5, 0.6) is 0 Å². The SMILES string of the molecule is C#CCCC(=O)NC1CCC2CC21. The van der Waals surface area contributed by atoms with Gasteiger partial charge in [-0.2, -0.15) is 0 Å². The quantitative estimate of drug-likeness (QED) is 0.647. The van der Waals surface area contributed by atoms with E-state index < -0.39 is 0 Å². The lowest BCUT2D eigenvalue weighted by molar-refractivity contribution is -0.121. The number of fused-ring (bicyclic) bond motifs is 1. The molecule has 2 fully saturated rings. The van der Waals surface area contributed by atoms with Crippen LogP contribution >= 0.6 is 0 Å². The van der Waals surface area contributed by atoms with Crippen LogP contribution in [0.1, 0.15) is 32.1 Å². The molecule has 2 rings (SSSR count). The summed E-state index contributed by atoms with van der Waals surface area (Å²) in [5.74, 6) is 4.35. The molecule has 2 aliphatic carbocycles. The number of hydrogen-bond donors (Lipinski definition) is 1. The van der Waals surface area contributed by atoms with Crippen LogP contribution in [0, 0.1) is 24.2 Å². The van der Waals surface area contributed by atoms with Gasteiger partial charge in [-0.15, -0.1) is 12.3 Å². The number of terminal acetylenes is 1. The van der Waals surface area contributed by atoms with Crippen molar-refractivity contribution in [3.05, 3.63) is 0 Å². The fourth-order valence-corrected chi connectivity index (χ4v) is 2.35. The number of nitrogens with one attached hydrogen (secondary N) is 1. The zero-order chi connectivity index (χ0) is 9.26. The summed E-state index contributed by atoms with van der Waals surface area (Å²) in [4.78, 5) is 11.3. The van der Waals surface area contributed by atoms with Crippen molar-refractivity contribution in [2.45, 2.75) is 38.1 Å². The van der Waals surface area contributed by atoms with Crippen molar-refractivity contribution in [1.82, 2.24) is 5.32 Å². The Morgan fingerprint density at radius 2 is 2.38 bits per heavy atom. The third-order valence-corrected chi connectivity index (χ3v) is 3.19. The molecule has 2 heteroatoms. The molecule has 0 aromatic heterocycles. The Morgan fingerprint density at radius 3 is 2.92 bits per heavy atom. The average molecular weight is 177 g/mol. The van der Waals surface area contributed by atoms with E-state index in [-0.39, 0.29) is 5.91 Å².